The summed E-state index contributed by atoms with van der Waals surface area (Å²) < 4.78 is 7.88. The van der Waals surface area contributed by atoms with Crippen LogP contribution in [0.5, 0.6) is 0 Å². The van der Waals surface area contributed by atoms with E-state index in [9.17, 15) is 4.79 Å². The Bertz CT molecular complexity index is 625. The van der Waals surface area contributed by atoms with Gasteiger partial charge in [0, 0.05) is 42.6 Å². The quantitative estimate of drug-likeness (QED) is 0.918. The highest BCUT2D eigenvalue weighted by molar-refractivity contribution is 5.85. The van der Waals surface area contributed by atoms with Gasteiger partial charge in [0.2, 0.25) is 0 Å². The molecule has 1 saturated heterocycles. The van der Waals surface area contributed by atoms with Gasteiger partial charge in [-0.15, -0.1) is 0 Å². The van der Waals surface area contributed by atoms with E-state index in [0.29, 0.717) is 13.0 Å². The van der Waals surface area contributed by atoms with E-state index in [4.69, 9.17) is 9.84 Å². The summed E-state index contributed by atoms with van der Waals surface area (Å²) in [5.74, 6) is -0.768. The number of rotatable bonds is 4. The summed E-state index contributed by atoms with van der Waals surface area (Å²) in [5.41, 5.74) is 1.88. The molecule has 0 radical (unpaired) electrons. The lowest BCUT2D eigenvalue weighted by Crippen LogP contribution is -2.41. The second kappa shape index (κ2) is 4.38. The number of aryl methyl sites for hydroxylation is 1. The second-order valence-corrected chi connectivity index (χ2v) is 5.16. The summed E-state index contributed by atoms with van der Waals surface area (Å²) in [5, 5.41) is 10.1. The third-order valence-corrected chi connectivity index (χ3v) is 4.01. The van der Waals surface area contributed by atoms with E-state index in [-0.39, 0.29) is 6.42 Å². The monoisotopic (exact) mass is 259 g/mol. The molecule has 1 aliphatic rings. The number of ether oxygens (including phenoxy) is 1. The third-order valence-electron chi connectivity index (χ3n) is 4.01. The predicted octanol–water partition coefficient (Wildman–Crippen LogP) is 2.66. The molecular weight excluding hydrogens is 242 g/mol. The molecule has 3 rings (SSSR count). The Balaban J connectivity index is 2.04. The van der Waals surface area contributed by atoms with E-state index >= 15 is 0 Å². The SMILES string of the molecule is Cn1cc(C2(CCC(=O)O)CCO2)c2ccccc21. The fourth-order valence-corrected chi connectivity index (χ4v) is 2.91. The Morgan fingerprint density at radius 1 is 1.47 bits per heavy atom. The molecule has 1 fully saturated rings. The first-order chi connectivity index (χ1) is 9.12. The van der Waals surface area contributed by atoms with E-state index < -0.39 is 11.6 Å². The molecule has 0 saturated carbocycles. The van der Waals surface area contributed by atoms with Crippen LogP contribution in [0.25, 0.3) is 10.9 Å². The first-order valence-electron chi connectivity index (χ1n) is 6.53. The van der Waals surface area contributed by atoms with Gasteiger partial charge in [-0.25, -0.2) is 0 Å². The molecule has 0 amide bonds. The van der Waals surface area contributed by atoms with Crippen molar-refractivity contribution in [2.24, 2.45) is 7.05 Å². The van der Waals surface area contributed by atoms with Crippen molar-refractivity contribution >= 4 is 16.9 Å². The zero-order valence-electron chi connectivity index (χ0n) is 10.9. The molecular formula is C15H17NO3. The zero-order chi connectivity index (χ0) is 13.5. The van der Waals surface area contributed by atoms with E-state index in [1.807, 2.05) is 19.2 Å². The molecule has 1 aromatic carbocycles. The van der Waals surface area contributed by atoms with Gasteiger partial charge < -0.3 is 14.4 Å². The Morgan fingerprint density at radius 2 is 2.21 bits per heavy atom. The minimum absolute atomic E-state index is 0.142. The molecule has 1 aromatic heterocycles. The molecule has 4 nitrogen and oxygen atoms in total. The zero-order valence-corrected chi connectivity index (χ0v) is 10.9. The summed E-state index contributed by atoms with van der Waals surface area (Å²) in [7, 11) is 2.01. The van der Waals surface area contributed by atoms with Gasteiger partial charge in [-0.2, -0.15) is 0 Å². The van der Waals surface area contributed by atoms with E-state index in [0.717, 1.165) is 22.9 Å². The number of hydrogen-bond acceptors (Lipinski definition) is 2. The minimum atomic E-state index is -0.768. The van der Waals surface area contributed by atoms with Crippen LogP contribution in [0, 0.1) is 0 Å². The van der Waals surface area contributed by atoms with E-state index in [1.165, 1.54) is 0 Å². The van der Waals surface area contributed by atoms with Gasteiger partial charge in [-0.05, 0) is 12.5 Å². The van der Waals surface area contributed by atoms with E-state index in [1.54, 1.807) is 0 Å². The molecule has 1 aliphatic heterocycles. The van der Waals surface area contributed by atoms with Gasteiger partial charge in [-0.1, -0.05) is 18.2 Å². The number of carboxylic acid groups (broad SMARTS) is 1. The van der Waals surface area contributed by atoms with Gasteiger partial charge in [-0.3, -0.25) is 4.79 Å². The molecule has 1 unspecified atom stereocenters. The largest absolute Gasteiger partial charge is 0.481 e. The first-order valence-corrected chi connectivity index (χ1v) is 6.53. The minimum Gasteiger partial charge on any atom is -0.481 e. The molecule has 0 spiro atoms. The van der Waals surface area contributed by atoms with Crippen LogP contribution < -0.4 is 0 Å². The van der Waals surface area contributed by atoms with Gasteiger partial charge in [0.05, 0.1) is 12.2 Å². The Hall–Kier alpha value is -1.81. The van der Waals surface area contributed by atoms with Gasteiger partial charge in [0.25, 0.3) is 0 Å². The lowest BCUT2D eigenvalue weighted by atomic mass is 9.82. The van der Waals surface area contributed by atoms with Crippen molar-refractivity contribution in [3.05, 3.63) is 36.0 Å². The summed E-state index contributed by atoms with van der Waals surface area (Å²) in [6.07, 6.45) is 3.65. The van der Waals surface area contributed by atoms with Gasteiger partial charge >= 0.3 is 5.97 Å². The van der Waals surface area contributed by atoms with Crippen LogP contribution in [-0.4, -0.2) is 22.2 Å². The van der Waals surface area contributed by atoms with Crippen molar-refractivity contribution in [2.45, 2.75) is 24.9 Å². The summed E-state index contributed by atoms with van der Waals surface area (Å²) >= 11 is 0. The molecule has 19 heavy (non-hydrogen) atoms. The van der Waals surface area contributed by atoms with Crippen molar-refractivity contribution in [1.29, 1.82) is 0 Å². The molecule has 0 aliphatic carbocycles. The van der Waals surface area contributed by atoms with Crippen LogP contribution in [-0.2, 0) is 22.2 Å². The fourth-order valence-electron chi connectivity index (χ4n) is 2.91. The topological polar surface area (TPSA) is 51.5 Å². The molecule has 2 aromatic rings. The first kappa shape index (κ1) is 12.2. The van der Waals surface area contributed by atoms with Crippen LogP contribution >= 0.6 is 0 Å². The number of carboxylic acids is 1. The maximum atomic E-state index is 10.8. The summed E-state index contributed by atoms with van der Waals surface area (Å²) in [6.45, 7) is 0.711. The van der Waals surface area contributed by atoms with Crippen molar-refractivity contribution in [3.8, 4) is 0 Å². The normalized spacial score (nSPS) is 22.4. The second-order valence-electron chi connectivity index (χ2n) is 5.16. The molecule has 4 heteroatoms. The molecule has 0 bridgehead atoms. The smallest absolute Gasteiger partial charge is 0.303 e. The van der Waals surface area contributed by atoms with Crippen LogP contribution in [0.1, 0.15) is 24.8 Å². The average molecular weight is 259 g/mol. The fraction of sp³-hybridized carbons (Fsp3) is 0.400. The highest BCUT2D eigenvalue weighted by Crippen LogP contribution is 2.44. The molecule has 1 N–H and O–H groups in total. The van der Waals surface area contributed by atoms with Gasteiger partial charge in [0.15, 0.2) is 0 Å². The van der Waals surface area contributed by atoms with Crippen molar-refractivity contribution in [1.82, 2.24) is 4.57 Å². The van der Waals surface area contributed by atoms with Crippen LogP contribution in [0.4, 0.5) is 0 Å². The lowest BCUT2D eigenvalue weighted by Gasteiger charge is -2.42. The Morgan fingerprint density at radius 3 is 2.84 bits per heavy atom. The maximum absolute atomic E-state index is 10.8. The number of carbonyl (C=O) groups is 1. The van der Waals surface area contributed by atoms with E-state index in [2.05, 4.69) is 22.9 Å². The van der Waals surface area contributed by atoms with Crippen LogP contribution in [0.2, 0.25) is 0 Å². The number of aliphatic carboxylic acids is 1. The highest BCUT2D eigenvalue weighted by atomic mass is 16.5. The average Bonchev–Trinajstić information content (AvgIpc) is 2.67. The number of fused-ring (bicyclic) bond motifs is 1. The maximum Gasteiger partial charge on any atom is 0.303 e. The highest BCUT2D eigenvalue weighted by Gasteiger charge is 2.42. The standard InChI is InChI=1S/C15H17NO3/c1-16-10-12(11-4-2-3-5-13(11)16)15(8-9-19-15)7-6-14(17)18/h2-5,10H,6-9H2,1H3,(H,17,18). The molecule has 2 heterocycles. The number of aromatic nitrogens is 1. The van der Waals surface area contributed by atoms with Crippen molar-refractivity contribution in [3.63, 3.8) is 0 Å². The number of para-hydroxylation sites is 1. The van der Waals surface area contributed by atoms with Crippen LogP contribution in [0.3, 0.4) is 0 Å². The number of hydrogen-bond donors (Lipinski definition) is 1. The Kier molecular flexibility index (Phi) is 2.82. The molecule has 100 valence electrons. The van der Waals surface area contributed by atoms with Crippen LogP contribution in [0.15, 0.2) is 30.5 Å². The number of benzene rings is 1. The predicted molar refractivity (Wildman–Crippen MR) is 72.0 cm³/mol. The van der Waals surface area contributed by atoms with Crippen molar-refractivity contribution < 1.29 is 14.6 Å². The summed E-state index contributed by atoms with van der Waals surface area (Å²) in [6, 6.07) is 8.17. The Labute approximate surface area is 111 Å². The third kappa shape index (κ3) is 1.92. The number of nitrogens with zero attached hydrogens (tertiary/aromatic N) is 1. The molecule has 1 atom stereocenters. The van der Waals surface area contributed by atoms with Gasteiger partial charge in [0.1, 0.15) is 0 Å². The van der Waals surface area contributed by atoms with Crippen molar-refractivity contribution in [2.75, 3.05) is 6.61 Å². The summed E-state index contributed by atoms with van der Waals surface area (Å²) in [4.78, 5) is 10.8. The lowest BCUT2D eigenvalue weighted by molar-refractivity contribution is -0.165.